The molecule has 5 nitrogen and oxygen atoms in total. The molecule has 6 heteroatoms. The molecule has 1 unspecified atom stereocenters. The lowest BCUT2D eigenvalue weighted by Gasteiger charge is -2.25. The summed E-state index contributed by atoms with van der Waals surface area (Å²) in [4.78, 5) is 24.2. The molecule has 1 aromatic carbocycles. The number of nitrogens with one attached hydrogen (secondary N) is 1. The number of amides is 1. The first-order valence-corrected chi connectivity index (χ1v) is 8.34. The molecule has 1 rings (SSSR count). The molecule has 0 aromatic heterocycles. The lowest BCUT2D eigenvalue weighted by Crippen LogP contribution is -2.55. The van der Waals surface area contributed by atoms with Crippen LogP contribution in [0.2, 0.25) is 0 Å². The number of carboxylic acids is 1. The van der Waals surface area contributed by atoms with Crippen LogP contribution >= 0.6 is 11.8 Å². The summed E-state index contributed by atoms with van der Waals surface area (Å²) in [6.07, 6.45) is 0. The highest BCUT2D eigenvalue weighted by Crippen LogP contribution is 2.25. The van der Waals surface area contributed by atoms with Gasteiger partial charge in [-0.2, -0.15) is 0 Å². The molecule has 0 spiro atoms. The van der Waals surface area contributed by atoms with Gasteiger partial charge in [-0.25, -0.2) is 4.79 Å². The molecule has 0 aliphatic heterocycles. The number of carbonyl (C=O) groups excluding carboxylic acids is 1. The van der Waals surface area contributed by atoms with Gasteiger partial charge in [-0.05, 0) is 30.0 Å². The predicted molar refractivity (Wildman–Crippen MR) is 91.9 cm³/mol. The second-order valence-corrected chi connectivity index (χ2v) is 7.73. The van der Waals surface area contributed by atoms with Crippen LogP contribution in [0.3, 0.4) is 0 Å². The van der Waals surface area contributed by atoms with Crippen molar-refractivity contribution >= 4 is 23.6 Å². The standard InChI is InChI=1S/C17H25NO4S/c1-16(2,3)12-6-8-13(9-7-12)23-10-14(19)18-17(4,11-22-5)15(20)21/h6-9H,10-11H2,1-5H3,(H,18,19)(H,20,21). The van der Waals surface area contributed by atoms with Crippen LogP contribution in [-0.2, 0) is 19.7 Å². The van der Waals surface area contributed by atoms with E-state index in [1.807, 2.05) is 24.3 Å². The SMILES string of the molecule is COCC(C)(NC(=O)CSc1ccc(C(C)(C)C)cc1)C(=O)O. The summed E-state index contributed by atoms with van der Waals surface area (Å²) >= 11 is 1.37. The summed E-state index contributed by atoms with van der Waals surface area (Å²) in [6.45, 7) is 7.78. The fourth-order valence-electron chi connectivity index (χ4n) is 1.98. The molecule has 0 radical (unpaired) electrons. The second kappa shape index (κ2) is 7.84. The molecular formula is C17H25NO4S. The highest BCUT2D eigenvalue weighted by atomic mass is 32.2. The van der Waals surface area contributed by atoms with Crippen LogP contribution in [0.15, 0.2) is 29.2 Å². The van der Waals surface area contributed by atoms with Crippen molar-refractivity contribution in [3.05, 3.63) is 29.8 Å². The van der Waals surface area contributed by atoms with Crippen LogP contribution in [0, 0.1) is 0 Å². The number of hydrogen-bond donors (Lipinski definition) is 2. The number of ether oxygens (including phenoxy) is 1. The Hall–Kier alpha value is -1.53. The minimum absolute atomic E-state index is 0.0843. The monoisotopic (exact) mass is 339 g/mol. The first-order valence-electron chi connectivity index (χ1n) is 7.35. The Bertz CT molecular complexity index is 551. The maximum absolute atomic E-state index is 12.0. The number of aliphatic carboxylic acids is 1. The van der Waals surface area contributed by atoms with Gasteiger partial charge >= 0.3 is 5.97 Å². The van der Waals surface area contributed by atoms with Gasteiger partial charge in [0.05, 0.1) is 12.4 Å². The van der Waals surface area contributed by atoms with E-state index in [1.54, 1.807) is 0 Å². The molecule has 128 valence electrons. The molecule has 1 amide bonds. The first-order chi connectivity index (χ1) is 10.6. The average Bonchev–Trinajstić information content (AvgIpc) is 2.44. The van der Waals surface area contributed by atoms with Crippen molar-refractivity contribution < 1.29 is 19.4 Å². The van der Waals surface area contributed by atoms with Crippen LogP contribution in [0.1, 0.15) is 33.3 Å². The molecule has 1 aromatic rings. The Morgan fingerprint density at radius 3 is 2.17 bits per heavy atom. The van der Waals surface area contributed by atoms with Gasteiger partial charge in [0.25, 0.3) is 0 Å². The Kier molecular flexibility index (Phi) is 6.65. The number of benzene rings is 1. The fourth-order valence-corrected chi connectivity index (χ4v) is 2.68. The molecule has 0 fully saturated rings. The third kappa shape index (κ3) is 5.88. The van der Waals surface area contributed by atoms with Gasteiger partial charge < -0.3 is 15.2 Å². The normalized spacial score (nSPS) is 14.1. The molecule has 0 aliphatic carbocycles. The van der Waals surface area contributed by atoms with Gasteiger partial charge in [-0.3, -0.25) is 4.79 Å². The van der Waals surface area contributed by atoms with E-state index in [0.717, 1.165) is 4.90 Å². The van der Waals surface area contributed by atoms with Crippen molar-refractivity contribution in [3.8, 4) is 0 Å². The van der Waals surface area contributed by atoms with Crippen LogP contribution in [0.4, 0.5) is 0 Å². The molecule has 2 N–H and O–H groups in total. The Labute approximate surface area is 141 Å². The minimum atomic E-state index is -1.41. The quantitative estimate of drug-likeness (QED) is 0.747. The van der Waals surface area contributed by atoms with Crippen LogP contribution in [0.25, 0.3) is 0 Å². The van der Waals surface area contributed by atoms with E-state index in [9.17, 15) is 14.7 Å². The Balaban J connectivity index is 2.61. The zero-order valence-corrected chi connectivity index (χ0v) is 15.1. The summed E-state index contributed by atoms with van der Waals surface area (Å²) in [6, 6.07) is 8.05. The molecule has 0 bridgehead atoms. The number of carbonyl (C=O) groups is 2. The highest BCUT2D eigenvalue weighted by Gasteiger charge is 2.34. The number of thioether (sulfide) groups is 1. The van der Waals surface area contributed by atoms with Crippen molar-refractivity contribution in [2.75, 3.05) is 19.5 Å². The van der Waals surface area contributed by atoms with Crippen molar-refractivity contribution in [2.24, 2.45) is 0 Å². The summed E-state index contributed by atoms with van der Waals surface area (Å²) < 4.78 is 4.87. The molecule has 0 heterocycles. The lowest BCUT2D eigenvalue weighted by atomic mass is 9.87. The molecule has 0 aliphatic rings. The first kappa shape index (κ1) is 19.5. The topological polar surface area (TPSA) is 75.6 Å². The number of methoxy groups -OCH3 is 1. The summed E-state index contributed by atoms with van der Waals surface area (Å²) in [5.41, 5.74) is -0.100. The number of hydrogen-bond acceptors (Lipinski definition) is 4. The zero-order valence-electron chi connectivity index (χ0n) is 14.3. The largest absolute Gasteiger partial charge is 0.479 e. The van der Waals surface area contributed by atoms with Crippen LogP contribution in [0.5, 0.6) is 0 Å². The summed E-state index contributed by atoms with van der Waals surface area (Å²) in [5, 5.41) is 11.7. The molecular weight excluding hydrogens is 314 g/mol. The van der Waals surface area contributed by atoms with Gasteiger partial charge in [-0.1, -0.05) is 32.9 Å². The van der Waals surface area contributed by atoms with E-state index in [2.05, 4.69) is 26.1 Å². The molecule has 23 heavy (non-hydrogen) atoms. The molecule has 0 saturated carbocycles. The number of rotatable bonds is 7. The van der Waals surface area contributed by atoms with E-state index in [4.69, 9.17) is 4.74 Å². The van der Waals surface area contributed by atoms with Gasteiger partial charge in [0.15, 0.2) is 5.54 Å². The summed E-state index contributed by atoms with van der Waals surface area (Å²) in [7, 11) is 1.40. The third-order valence-corrected chi connectivity index (χ3v) is 4.42. The Morgan fingerprint density at radius 1 is 1.17 bits per heavy atom. The highest BCUT2D eigenvalue weighted by molar-refractivity contribution is 8.00. The van der Waals surface area contributed by atoms with E-state index in [-0.39, 0.29) is 23.7 Å². The molecule has 0 saturated heterocycles. The van der Waals surface area contributed by atoms with Gasteiger partial charge in [0.2, 0.25) is 5.91 Å². The lowest BCUT2D eigenvalue weighted by molar-refractivity contribution is -0.148. The van der Waals surface area contributed by atoms with Gasteiger partial charge in [0.1, 0.15) is 0 Å². The fraction of sp³-hybridized carbons (Fsp3) is 0.529. The van der Waals surface area contributed by atoms with Crippen molar-refractivity contribution in [1.82, 2.24) is 5.32 Å². The molecule has 1 atom stereocenters. The second-order valence-electron chi connectivity index (χ2n) is 6.68. The van der Waals surface area contributed by atoms with Crippen LogP contribution in [-0.4, -0.2) is 42.0 Å². The summed E-state index contributed by atoms with van der Waals surface area (Å²) in [5.74, 6) is -1.30. The van der Waals surface area contributed by atoms with Crippen molar-refractivity contribution in [2.45, 2.75) is 43.5 Å². The predicted octanol–water partition coefficient (Wildman–Crippen LogP) is 2.68. The Morgan fingerprint density at radius 2 is 1.74 bits per heavy atom. The minimum Gasteiger partial charge on any atom is -0.479 e. The average molecular weight is 339 g/mol. The maximum Gasteiger partial charge on any atom is 0.331 e. The van der Waals surface area contributed by atoms with Gasteiger partial charge in [0, 0.05) is 12.0 Å². The maximum atomic E-state index is 12.0. The van der Waals surface area contributed by atoms with Gasteiger partial charge in [-0.15, -0.1) is 11.8 Å². The third-order valence-electron chi connectivity index (χ3n) is 3.41. The van der Waals surface area contributed by atoms with E-state index in [0.29, 0.717) is 0 Å². The van der Waals surface area contributed by atoms with E-state index < -0.39 is 11.5 Å². The van der Waals surface area contributed by atoms with E-state index >= 15 is 0 Å². The van der Waals surface area contributed by atoms with E-state index in [1.165, 1.54) is 31.4 Å². The van der Waals surface area contributed by atoms with Crippen molar-refractivity contribution in [1.29, 1.82) is 0 Å². The zero-order chi connectivity index (χ0) is 17.7. The smallest absolute Gasteiger partial charge is 0.331 e. The van der Waals surface area contributed by atoms with Crippen LogP contribution < -0.4 is 5.32 Å². The van der Waals surface area contributed by atoms with Crippen molar-refractivity contribution in [3.63, 3.8) is 0 Å². The number of carboxylic acid groups (broad SMARTS) is 1.